The van der Waals surface area contributed by atoms with Crippen molar-refractivity contribution in [2.45, 2.75) is 13.8 Å². The van der Waals surface area contributed by atoms with Crippen LogP contribution in [-0.4, -0.2) is 0 Å². The zero-order valence-electron chi connectivity index (χ0n) is 14.9. The van der Waals surface area contributed by atoms with Gasteiger partial charge in [0.2, 0.25) is 0 Å². The van der Waals surface area contributed by atoms with Crippen molar-refractivity contribution in [1.29, 1.82) is 0 Å². The van der Waals surface area contributed by atoms with Crippen LogP contribution < -0.4 is 0 Å². The highest BCUT2D eigenvalue weighted by Gasteiger charge is 1.98. The molecule has 124 valence electrons. The molecule has 0 heteroatoms. The Hall–Kier alpha value is -2.86. The summed E-state index contributed by atoms with van der Waals surface area (Å²) in [7, 11) is 0. The Balaban J connectivity index is 5.73. The van der Waals surface area contributed by atoms with E-state index >= 15 is 0 Å². The zero-order chi connectivity index (χ0) is 18.2. The zero-order valence-corrected chi connectivity index (χ0v) is 14.9. The molecule has 0 aromatic rings. The SMILES string of the molecule is C=C\C=C/C=C(C=C)/C(C=C)=C/C=C(\C=C)C(=CC)/C=C\C=C/C. The highest BCUT2D eigenvalue weighted by molar-refractivity contribution is 5.52. The molecule has 0 spiro atoms. The predicted molar refractivity (Wildman–Crippen MR) is 112 cm³/mol. The van der Waals surface area contributed by atoms with E-state index in [1.165, 1.54) is 0 Å². The third-order valence-electron chi connectivity index (χ3n) is 3.18. The molecular weight excluding hydrogens is 288 g/mol. The fourth-order valence-electron chi connectivity index (χ4n) is 1.89. The first-order chi connectivity index (χ1) is 11.7. The lowest BCUT2D eigenvalue weighted by Gasteiger charge is -2.04. The highest BCUT2D eigenvalue weighted by Crippen LogP contribution is 2.17. The first kappa shape index (κ1) is 21.1. The molecule has 0 saturated carbocycles. The molecule has 0 unspecified atom stereocenters. The summed E-state index contributed by atoms with van der Waals surface area (Å²) in [5, 5.41) is 0. The topological polar surface area (TPSA) is 0 Å². The van der Waals surface area contributed by atoms with E-state index in [1.54, 1.807) is 6.08 Å². The van der Waals surface area contributed by atoms with Gasteiger partial charge in [0, 0.05) is 0 Å². The summed E-state index contributed by atoms with van der Waals surface area (Å²) in [6.45, 7) is 19.3. The maximum absolute atomic E-state index is 3.91. The van der Waals surface area contributed by atoms with Crippen LogP contribution in [0.3, 0.4) is 0 Å². The van der Waals surface area contributed by atoms with Gasteiger partial charge in [0.1, 0.15) is 0 Å². The smallest absolute Gasteiger partial charge is 0.0190 e. The van der Waals surface area contributed by atoms with Crippen LogP contribution in [0.1, 0.15) is 13.8 Å². The molecule has 0 radical (unpaired) electrons. The summed E-state index contributed by atoms with van der Waals surface area (Å²) in [6.07, 6.45) is 27.2. The largest absolute Gasteiger partial charge is 0.0991 e. The molecule has 0 aromatic heterocycles. The fraction of sp³-hybridized carbons (Fsp3) is 0.0833. The first-order valence-corrected chi connectivity index (χ1v) is 7.93. The van der Waals surface area contributed by atoms with E-state index in [9.17, 15) is 0 Å². The Morgan fingerprint density at radius 3 is 1.58 bits per heavy atom. The van der Waals surface area contributed by atoms with E-state index < -0.39 is 0 Å². The van der Waals surface area contributed by atoms with Gasteiger partial charge in [0.25, 0.3) is 0 Å². The van der Waals surface area contributed by atoms with Gasteiger partial charge in [-0.2, -0.15) is 0 Å². The van der Waals surface area contributed by atoms with Crippen molar-refractivity contribution in [3.05, 3.63) is 134 Å². The van der Waals surface area contributed by atoms with E-state index in [0.29, 0.717) is 0 Å². The second-order valence-electron chi connectivity index (χ2n) is 4.73. The third-order valence-corrected chi connectivity index (χ3v) is 3.18. The number of rotatable bonds is 10. The molecule has 0 aliphatic heterocycles. The molecule has 0 amide bonds. The summed E-state index contributed by atoms with van der Waals surface area (Å²) in [4.78, 5) is 0. The molecule has 0 fully saturated rings. The Bertz CT molecular complexity index is 650. The molecule has 0 rings (SSSR count). The van der Waals surface area contributed by atoms with Gasteiger partial charge in [-0.05, 0) is 36.1 Å². The second-order valence-corrected chi connectivity index (χ2v) is 4.73. The van der Waals surface area contributed by atoms with Crippen molar-refractivity contribution >= 4 is 0 Å². The van der Waals surface area contributed by atoms with Crippen LogP contribution in [0.4, 0.5) is 0 Å². The summed E-state index contributed by atoms with van der Waals surface area (Å²) in [5.74, 6) is 0. The van der Waals surface area contributed by atoms with Gasteiger partial charge in [-0.3, -0.25) is 0 Å². The average molecular weight is 316 g/mol. The summed E-state index contributed by atoms with van der Waals surface area (Å²) in [6, 6.07) is 0. The second kappa shape index (κ2) is 13.8. The minimum atomic E-state index is 0.992. The molecule has 0 aliphatic carbocycles. The number of hydrogen-bond donors (Lipinski definition) is 0. The van der Waals surface area contributed by atoms with Crippen molar-refractivity contribution in [3.8, 4) is 0 Å². The Morgan fingerprint density at radius 2 is 1.12 bits per heavy atom. The average Bonchev–Trinajstić information content (AvgIpc) is 2.61. The van der Waals surface area contributed by atoms with E-state index in [-0.39, 0.29) is 0 Å². The molecule has 24 heavy (non-hydrogen) atoms. The maximum Gasteiger partial charge on any atom is -0.0190 e. The standard InChI is InChI=1S/C24H28/c1-7-13-15-17-21(9-3)23(11-5)19-20-24(12-6)22(10-4)18-16-14-8-2/h7-20H,1,3,5-6H2,2,4H3/b14-8-,15-13-,18-16-,21-17+,22-10?,23-19+,24-20+. The Labute approximate surface area is 148 Å². The molecule has 0 N–H and O–H groups in total. The van der Waals surface area contributed by atoms with E-state index in [4.69, 9.17) is 0 Å². The minimum absolute atomic E-state index is 0.992. The Kier molecular flexibility index (Phi) is 12.1. The maximum atomic E-state index is 3.91. The van der Waals surface area contributed by atoms with Crippen molar-refractivity contribution in [3.63, 3.8) is 0 Å². The fourth-order valence-corrected chi connectivity index (χ4v) is 1.89. The molecule has 0 heterocycles. The quantitative estimate of drug-likeness (QED) is 0.375. The molecule has 0 aliphatic rings. The summed E-state index contributed by atoms with van der Waals surface area (Å²) < 4.78 is 0. The lowest BCUT2D eigenvalue weighted by molar-refractivity contribution is 1.48. The van der Waals surface area contributed by atoms with Crippen LogP contribution in [0, 0.1) is 0 Å². The van der Waals surface area contributed by atoms with Gasteiger partial charge in [0.15, 0.2) is 0 Å². The summed E-state index contributed by atoms with van der Waals surface area (Å²) >= 11 is 0. The molecule has 0 atom stereocenters. The van der Waals surface area contributed by atoms with E-state index in [0.717, 1.165) is 22.3 Å². The van der Waals surface area contributed by atoms with Crippen molar-refractivity contribution in [2.75, 3.05) is 0 Å². The van der Waals surface area contributed by atoms with Gasteiger partial charge in [-0.15, -0.1) is 0 Å². The van der Waals surface area contributed by atoms with Gasteiger partial charge in [-0.25, -0.2) is 0 Å². The van der Waals surface area contributed by atoms with Gasteiger partial charge >= 0.3 is 0 Å². The van der Waals surface area contributed by atoms with E-state index in [2.05, 4.69) is 38.5 Å². The highest BCUT2D eigenvalue weighted by atomic mass is 14.0. The molecule has 0 bridgehead atoms. The minimum Gasteiger partial charge on any atom is -0.0991 e. The van der Waals surface area contributed by atoms with Gasteiger partial charge < -0.3 is 0 Å². The van der Waals surface area contributed by atoms with Gasteiger partial charge in [-0.1, -0.05) is 111 Å². The van der Waals surface area contributed by atoms with Crippen LogP contribution in [-0.2, 0) is 0 Å². The molecule has 0 nitrogen and oxygen atoms in total. The molecular formula is C24H28. The molecule has 0 aromatic carbocycles. The lowest BCUT2D eigenvalue weighted by atomic mass is 10.0. The molecule has 0 saturated heterocycles. The van der Waals surface area contributed by atoms with Crippen LogP contribution in [0.2, 0.25) is 0 Å². The Morgan fingerprint density at radius 1 is 0.583 bits per heavy atom. The van der Waals surface area contributed by atoms with Crippen molar-refractivity contribution < 1.29 is 0 Å². The van der Waals surface area contributed by atoms with Crippen LogP contribution in [0.15, 0.2) is 134 Å². The van der Waals surface area contributed by atoms with Crippen molar-refractivity contribution in [1.82, 2.24) is 0 Å². The van der Waals surface area contributed by atoms with Crippen LogP contribution in [0.5, 0.6) is 0 Å². The first-order valence-electron chi connectivity index (χ1n) is 7.93. The van der Waals surface area contributed by atoms with Crippen LogP contribution in [0.25, 0.3) is 0 Å². The predicted octanol–water partition coefficient (Wildman–Crippen LogP) is 7.14. The third kappa shape index (κ3) is 7.95. The van der Waals surface area contributed by atoms with Crippen LogP contribution >= 0.6 is 0 Å². The monoisotopic (exact) mass is 316 g/mol. The number of allylic oxidation sites excluding steroid dienone is 18. The summed E-state index contributed by atoms with van der Waals surface area (Å²) in [5.41, 5.74) is 4.14. The van der Waals surface area contributed by atoms with Crippen molar-refractivity contribution in [2.24, 2.45) is 0 Å². The van der Waals surface area contributed by atoms with Gasteiger partial charge in [0.05, 0.1) is 0 Å². The normalized spacial score (nSPS) is 14.6. The lowest BCUT2D eigenvalue weighted by Crippen LogP contribution is -1.85. The number of hydrogen-bond acceptors (Lipinski definition) is 0. The van der Waals surface area contributed by atoms with E-state index in [1.807, 2.05) is 80.7 Å².